The van der Waals surface area contributed by atoms with Gasteiger partial charge in [-0.15, -0.1) is 0 Å². The molecule has 3 nitrogen and oxygen atoms in total. The van der Waals surface area contributed by atoms with E-state index >= 15 is 0 Å². The van der Waals surface area contributed by atoms with Gasteiger partial charge in [0.05, 0.1) is 6.61 Å². The van der Waals surface area contributed by atoms with Crippen molar-refractivity contribution in [3.8, 4) is 0 Å². The van der Waals surface area contributed by atoms with E-state index in [1.165, 1.54) is 18.5 Å². The van der Waals surface area contributed by atoms with Crippen LogP contribution in [-0.2, 0) is 6.61 Å². The Balaban J connectivity index is 2.29. The summed E-state index contributed by atoms with van der Waals surface area (Å²) in [6, 6.07) is 2.64. The molecule has 1 aliphatic heterocycles. The average Bonchev–Trinajstić information content (AvgIpc) is 2.29. The van der Waals surface area contributed by atoms with Crippen LogP contribution in [0.25, 0.3) is 0 Å². The van der Waals surface area contributed by atoms with Gasteiger partial charge in [0.2, 0.25) is 0 Å². The number of piperidine rings is 1. The topological polar surface area (TPSA) is 36.4 Å². The number of aliphatic hydroxyl groups is 1. The molecule has 0 aliphatic carbocycles. The number of hydrogen-bond donors (Lipinski definition) is 1. The summed E-state index contributed by atoms with van der Waals surface area (Å²) in [4.78, 5) is 6.68. The van der Waals surface area contributed by atoms with Gasteiger partial charge in [0, 0.05) is 35.7 Å². The summed E-state index contributed by atoms with van der Waals surface area (Å²) in [5.41, 5.74) is 3.12. The van der Waals surface area contributed by atoms with Gasteiger partial charge in [0.1, 0.15) is 0 Å². The Bertz CT molecular complexity index is 392. The minimum Gasteiger partial charge on any atom is -0.392 e. The maximum atomic E-state index is 9.41. The van der Waals surface area contributed by atoms with E-state index in [2.05, 4.69) is 29.8 Å². The maximum Gasteiger partial charge on any atom is 0.0717 e. The zero-order valence-electron chi connectivity index (χ0n) is 11.0. The van der Waals surface area contributed by atoms with E-state index in [9.17, 15) is 5.11 Å². The lowest BCUT2D eigenvalue weighted by Gasteiger charge is -2.39. The molecule has 1 N–H and O–H groups in total. The molecule has 0 radical (unpaired) electrons. The molecule has 1 saturated heterocycles. The van der Waals surface area contributed by atoms with Crippen LogP contribution in [0, 0.1) is 12.8 Å². The van der Waals surface area contributed by atoms with Crippen LogP contribution in [0.1, 0.15) is 37.9 Å². The van der Waals surface area contributed by atoms with Crippen molar-refractivity contribution >= 4 is 5.69 Å². The number of aromatic nitrogens is 1. The zero-order chi connectivity index (χ0) is 12.4. The molecule has 94 valence electrons. The number of rotatable bonds is 2. The molecular formula is C14H22N2O. The maximum absolute atomic E-state index is 9.41. The van der Waals surface area contributed by atoms with E-state index in [-0.39, 0.29) is 6.61 Å². The van der Waals surface area contributed by atoms with Crippen molar-refractivity contribution in [2.24, 2.45) is 5.92 Å². The Morgan fingerprint density at radius 3 is 2.88 bits per heavy atom. The highest BCUT2D eigenvalue weighted by Gasteiger charge is 2.24. The van der Waals surface area contributed by atoms with Crippen molar-refractivity contribution in [3.05, 3.63) is 23.5 Å². The first-order chi connectivity index (χ1) is 8.11. The molecule has 3 heteroatoms. The van der Waals surface area contributed by atoms with Gasteiger partial charge in [-0.2, -0.15) is 0 Å². The summed E-state index contributed by atoms with van der Waals surface area (Å²) in [6.07, 6.45) is 4.26. The molecule has 1 aromatic rings. The lowest BCUT2D eigenvalue weighted by atomic mass is 9.92. The van der Waals surface area contributed by atoms with Gasteiger partial charge in [-0.3, -0.25) is 4.98 Å². The SMILES string of the molecule is Cc1cc(N2CCC(C)CC2C)c(CO)cn1. The van der Waals surface area contributed by atoms with Crippen LogP contribution in [0.3, 0.4) is 0 Å². The van der Waals surface area contributed by atoms with Gasteiger partial charge in [0.25, 0.3) is 0 Å². The summed E-state index contributed by atoms with van der Waals surface area (Å²) in [7, 11) is 0. The molecule has 2 heterocycles. The molecule has 1 aliphatic rings. The minimum atomic E-state index is 0.0708. The monoisotopic (exact) mass is 234 g/mol. The average molecular weight is 234 g/mol. The summed E-state index contributed by atoms with van der Waals surface area (Å²) in [6.45, 7) is 7.74. The number of nitrogens with zero attached hydrogens (tertiary/aromatic N) is 2. The van der Waals surface area contributed by atoms with Crippen molar-refractivity contribution in [3.63, 3.8) is 0 Å². The quantitative estimate of drug-likeness (QED) is 0.854. The summed E-state index contributed by atoms with van der Waals surface area (Å²) in [5, 5.41) is 9.41. The van der Waals surface area contributed by atoms with Gasteiger partial charge < -0.3 is 10.0 Å². The van der Waals surface area contributed by atoms with Crippen molar-refractivity contribution in [1.82, 2.24) is 4.98 Å². The van der Waals surface area contributed by atoms with E-state index < -0.39 is 0 Å². The first-order valence-corrected chi connectivity index (χ1v) is 6.45. The molecule has 1 aromatic heterocycles. The predicted octanol–water partition coefficient (Wildman–Crippen LogP) is 2.51. The number of pyridine rings is 1. The number of anilines is 1. The lowest BCUT2D eigenvalue weighted by molar-refractivity contribution is 0.280. The Kier molecular flexibility index (Phi) is 3.67. The van der Waals surface area contributed by atoms with Crippen molar-refractivity contribution in [2.75, 3.05) is 11.4 Å². The van der Waals surface area contributed by atoms with E-state index in [0.717, 1.165) is 23.7 Å². The second-order valence-electron chi connectivity index (χ2n) is 5.28. The van der Waals surface area contributed by atoms with Crippen LogP contribution < -0.4 is 4.90 Å². The molecule has 0 bridgehead atoms. The smallest absolute Gasteiger partial charge is 0.0717 e. The second-order valence-corrected chi connectivity index (χ2v) is 5.28. The summed E-state index contributed by atoms with van der Waals surface area (Å²) in [5.74, 6) is 0.807. The standard InChI is InChI=1S/C14H22N2O/c1-10-4-5-16(12(3)6-10)14-7-11(2)15-8-13(14)9-17/h7-8,10,12,17H,4-6,9H2,1-3H3. The van der Waals surface area contributed by atoms with Crippen LogP contribution in [0.2, 0.25) is 0 Å². The van der Waals surface area contributed by atoms with Gasteiger partial charge in [-0.1, -0.05) is 6.92 Å². The summed E-state index contributed by atoms with van der Waals surface area (Å²) < 4.78 is 0. The Morgan fingerprint density at radius 1 is 1.47 bits per heavy atom. The van der Waals surface area contributed by atoms with Crippen molar-refractivity contribution < 1.29 is 5.11 Å². The molecule has 0 spiro atoms. The van der Waals surface area contributed by atoms with Crippen LogP contribution in [0.15, 0.2) is 12.3 Å². The molecule has 2 unspecified atom stereocenters. The Morgan fingerprint density at radius 2 is 2.24 bits per heavy atom. The van der Waals surface area contributed by atoms with E-state index in [0.29, 0.717) is 6.04 Å². The van der Waals surface area contributed by atoms with E-state index in [4.69, 9.17) is 0 Å². The predicted molar refractivity (Wildman–Crippen MR) is 70.1 cm³/mol. The van der Waals surface area contributed by atoms with Crippen LogP contribution in [-0.4, -0.2) is 22.7 Å². The fourth-order valence-electron chi connectivity index (χ4n) is 2.73. The number of hydrogen-bond acceptors (Lipinski definition) is 3. The normalized spacial score (nSPS) is 25.1. The number of aryl methyl sites for hydroxylation is 1. The third-order valence-corrected chi connectivity index (χ3v) is 3.72. The van der Waals surface area contributed by atoms with Crippen molar-refractivity contribution in [1.29, 1.82) is 0 Å². The first-order valence-electron chi connectivity index (χ1n) is 6.45. The highest BCUT2D eigenvalue weighted by molar-refractivity contribution is 5.54. The lowest BCUT2D eigenvalue weighted by Crippen LogP contribution is -2.40. The molecule has 2 atom stereocenters. The van der Waals surface area contributed by atoms with Gasteiger partial charge in [0.15, 0.2) is 0 Å². The molecule has 0 aromatic carbocycles. The fourth-order valence-corrected chi connectivity index (χ4v) is 2.73. The molecule has 17 heavy (non-hydrogen) atoms. The summed E-state index contributed by atoms with van der Waals surface area (Å²) >= 11 is 0. The highest BCUT2D eigenvalue weighted by Crippen LogP contribution is 2.30. The fraction of sp³-hybridized carbons (Fsp3) is 0.643. The largest absolute Gasteiger partial charge is 0.392 e. The second kappa shape index (κ2) is 5.05. The van der Waals surface area contributed by atoms with E-state index in [1.54, 1.807) is 6.20 Å². The minimum absolute atomic E-state index is 0.0708. The first kappa shape index (κ1) is 12.4. The van der Waals surface area contributed by atoms with Gasteiger partial charge >= 0.3 is 0 Å². The van der Waals surface area contributed by atoms with Crippen LogP contribution in [0.4, 0.5) is 5.69 Å². The molecular weight excluding hydrogens is 212 g/mol. The van der Waals surface area contributed by atoms with E-state index in [1.807, 2.05) is 6.92 Å². The van der Waals surface area contributed by atoms with Gasteiger partial charge in [-0.25, -0.2) is 0 Å². The third-order valence-electron chi connectivity index (χ3n) is 3.72. The molecule has 1 fully saturated rings. The van der Waals surface area contributed by atoms with Crippen LogP contribution >= 0.6 is 0 Å². The number of aliphatic hydroxyl groups excluding tert-OH is 1. The molecule has 2 rings (SSSR count). The third kappa shape index (κ3) is 2.60. The van der Waals surface area contributed by atoms with Gasteiger partial charge in [-0.05, 0) is 38.7 Å². The van der Waals surface area contributed by atoms with Crippen LogP contribution in [0.5, 0.6) is 0 Å². The Labute approximate surface area is 103 Å². The molecule has 0 saturated carbocycles. The Hall–Kier alpha value is -1.09. The highest BCUT2D eigenvalue weighted by atomic mass is 16.3. The van der Waals surface area contributed by atoms with Crippen molar-refractivity contribution in [2.45, 2.75) is 46.3 Å². The zero-order valence-corrected chi connectivity index (χ0v) is 11.0. The molecule has 0 amide bonds.